The van der Waals surface area contributed by atoms with E-state index >= 15 is 0 Å². The molecule has 0 amide bonds. The molecular formula is C16H18N4. The molecule has 20 heavy (non-hydrogen) atoms. The summed E-state index contributed by atoms with van der Waals surface area (Å²) in [6, 6.07) is 10.9. The van der Waals surface area contributed by atoms with Gasteiger partial charge in [0.1, 0.15) is 0 Å². The van der Waals surface area contributed by atoms with E-state index in [9.17, 15) is 0 Å². The van der Waals surface area contributed by atoms with Gasteiger partial charge < -0.3 is 4.98 Å². The molecule has 1 saturated heterocycles. The van der Waals surface area contributed by atoms with Crippen LogP contribution >= 0.6 is 0 Å². The maximum absolute atomic E-state index is 4.06. The molecule has 4 nitrogen and oxygen atoms in total. The molecule has 1 unspecified atom stereocenters. The molecule has 0 saturated carbocycles. The lowest BCUT2D eigenvalue weighted by Gasteiger charge is -2.15. The third-order valence-electron chi connectivity index (χ3n) is 4.26. The maximum Gasteiger partial charge on any atom is 0.0490 e. The Kier molecular flexibility index (Phi) is 2.81. The van der Waals surface area contributed by atoms with Gasteiger partial charge in [0, 0.05) is 42.6 Å². The first-order chi connectivity index (χ1) is 9.88. The van der Waals surface area contributed by atoms with Gasteiger partial charge in [-0.25, -0.2) is 0 Å². The van der Waals surface area contributed by atoms with Crippen LogP contribution in [-0.4, -0.2) is 33.2 Å². The zero-order valence-electron chi connectivity index (χ0n) is 11.3. The Balaban J connectivity index is 1.47. The summed E-state index contributed by atoms with van der Waals surface area (Å²) < 4.78 is 0. The van der Waals surface area contributed by atoms with E-state index in [-0.39, 0.29) is 0 Å². The van der Waals surface area contributed by atoms with Gasteiger partial charge in [-0.3, -0.25) is 10.00 Å². The smallest absolute Gasteiger partial charge is 0.0490 e. The first-order valence-corrected chi connectivity index (χ1v) is 7.16. The van der Waals surface area contributed by atoms with Crippen molar-refractivity contribution in [2.24, 2.45) is 0 Å². The molecule has 1 atom stereocenters. The van der Waals surface area contributed by atoms with E-state index in [1.807, 2.05) is 12.4 Å². The largest absolute Gasteiger partial charge is 0.361 e. The van der Waals surface area contributed by atoms with E-state index in [1.54, 1.807) is 0 Å². The number of rotatable bonds is 3. The summed E-state index contributed by atoms with van der Waals surface area (Å²) in [6.45, 7) is 3.30. The Hall–Kier alpha value is -2.07. The molecule has 0 bridgehead atoms. The van der Waals surface area contributed by atoms with Crippen molar-refractivity contribution in [2.45, 2.75) is 18.9 Å². The predicted octanol–water partition coefficient (Wildman–Crippen LogP) is 2.88. The lowest BCUT2D eigenvalue weighted by Crippen LogP contribution is -2.19. The van der Waals surface area contributed by atoms with Crippen molar-refractivity contribution in [3.63, 3.8) is 0 Å². The fourth-order valence-electron chi connectivity index (χ4n) is 3.18. The topological polar surface area (TPSA) is 47.7 Å². The first-order valence-electron chi connectivity index (χ1n) is 7.16. The summed E-state index contributed by atoms with van der Waals surface area (Å²) in [4.78, 5) is 5.81. The number of H-pyrrole nitrogens is 2. The molecule has 0 aliphatic carbocycles. The minimum Gasteiger partial charge on any atom is -0.361 e. The Morgan fingerprint density at radius 1 is 1.25 bits per heavy atom. The molecule has 0 spiro atoms. The average Bonchev–Trinajstić information content (AvgIpc) is 3.19. The number of nitrogens with one attached hydrogen (secondary N) is 2. The van der Waals surface area contributed by atoms with E-state index < -0.39 is 0 Å². The number of fused-ring (bicyclic) bond motifs is 1. The Morgan fingerprint density at radius 2 is 2.25 bits per heavy atom. The Labute approximate surface area is 117 Å². The number of benzene rings is 1. The fourth-order valence-corrected chi connectivity index (χ4v) is 3.18. The molecule has 3 heterocycles. The lowest BCUT2D eigenvalue weighted by atomic mass is 10.1. The fraction of sp³-hybridized carbons (Fsp3) is 0.312. The highest BCUT2D eigenvalue weighted by molar-refractivity contribution is 5.79. The van der Waals surface area contributed by atoms with Crippen LogP contribution in [0.5, 0.6) is 0 Å². The van der Waals surface area contributed by atoms with Gasteiger partial charge in [-0.15, -0.1) is 0 Å². The van der Waals surface area contributed by atoms with Gasteiger partial charge in [-0.2, -0.15) is 5.10 Å². The van der Waals surface area contributed by atoms with E-state index in [0.29, 0.717) is 5.92 Å². The predicted molar refractivity (Wildman–Crippen MR) is 79.5 cm³/mol. The van der Waals surface area contributed by atoms with Gasteiger partial charge >= 0.3 is 0 Å². The summed E-state index contributed by atoms with van der Waals surface area (Å²) in [7, 11) is 0. The number of aromatic nitrogens is 3. The van der Waals surface area contributed by atoms with Gasteiger partial charge in [-0.1, -0.05) is 12.1 Å². The van der Waals surface area contributed by atoms with Gasteiger partial charge in [0.2, 0.25) is 0 Å². The highest BCUT2D eigenvalue weighted by Gasteiger charge is 2.24. The third kappa shape index (κ3) is 2.12. The second kappa shape index (κ2) is 4.80. The first kappa shape index (κ1) is 11.7. The second-order valence-corrected chi connectivity index (χ2v) is 5.63. The van der Waals surface area contributed by atoms with Gasteiger partial charge in [-0.05, 0) is 42.1 Å². The number of likely N-dealkylation sites (tertiary alicyclic amines) is 1. The van der Waals surface area contributed by atoms with Crippen LogP contribution in [0.1, 0.15) is 23.6 Å². The molecule has 1 aromatic carbocycles. The molecule has 102 valence electrons. The van der Waals surface area contributed by atoms with Crippen LogP contribution in [0.15, 0.2) is 42.7 Å². The highest BCUT2D eigenvalue weighted by atomic mass is 15.2. The van der Waals surface area contributed by atoms with Crippen LogP contribution in [0.2, 0.25) is 0 Å². The summed E-state index contributed by atoms with van der Waals surface area (Å²) >= 11 is 0. The monoisotopic (exact) mass is 266 g/mol. The van der Waals surface area contributed by atoms with Crippen molar-refractivity contribution in [2.75, 3.05) is 13.1 Å². The molecule has 4 rings (SSSR count). The van der Waals surface area contributed by atoms with Crippen LogP contribution in [-0.2, 0) is 6.54 Å². The van der Waals surface area contributed by atoms with E-state index in [2.05, 4.69) is 50.4 Å². The van der Waals surface area contributed by atoms with Crippen LogP contribution in [0.4, 0.5) is 0 Å². The van der Waals surface area contributed by atoms with E-state index in [0.717, 1.165) is 19.6 Å². The number of nitrogens with zero attached hydrogens (tertiary/aromatic N) is 2. The van der Waals surface area contributed by atoms with Crippen LogP contribution < -0.4 is 0 Å². The van der Waals surface area contributed by atoms with Crippen molar-refractivity contribution in [3.8, 4) is 0 Å². The molecule has 2 N–H and O–H groups in total. The molecule has 1 aliphatic heterocycles. The molecule has 4 heteroatoms. The molecule has 3 aromatic rings. The number of aromatic amines is 2. The summed E-state index contributed by atoms with van der Waals surface area (Å²) in [6.07, 6.45) is 5.06. The zero-order valence-corrected chi connectivity index (χ0v) is 11.3. The van der Waals surface area contributed by atoms with Crippen LogP contribution in [0, 0.1) is 0 Å². The highest BCUT2D eigenvalue weighted by Crippen LogP contribution is 2.27. The summed E-state index contributed by atoms with van der Waals surface area (Å²) in [5, 5.41) is 8.44. The number of hydrogen-bond donors (Lipinski definition) is 2. The minimum atomic E-state index is 0.603. The van der Waals surface area contributed by atoms with Gasteiger partial charge in [0.25, 0.3) is 0 Å². The number of hydrogen-bond acceptors (Lipinski definition) is 2. The third-order valence-corrected chi connectivity index (χ3v) is 4.26. The SMILES string of the molecule is c1cc(C2CCN(Cc3ccc4cc[nH]c4c3)C2)[nH]n1. The molecular weight excluding hydrogens is 248 g/mol. The van der Waals surface area contributed by atoms with Crippen LogP contribution in [0.3, 0.4) is 0 Å². The van der Waals surface area contributed by atoms with Crippen molar-refractivity contribution in [1.29, 1.82) is 0 Å². The van der Waals surface area contributed by atoms with E-state index in [1.165, 1.54) is 28.6 Å². The zero-order chi connectivity index (χ0) is 13.4. The molecule has 1 fully saturated rings. The minimum absolute atomic E-state index is 0.603. The quantitative estimate of drug-likeness (QED) is 0.765. The summed E-state index contributed by atoms with van der Waals surface area (Å²) in [5.41, 5.74) is 3.88. The Morgan fingerprint density at radius 3 is 3.15 bits per heavy atom. The Bertz CT molecular complexity index is 698. The van der Waals surface area contributed by atoms with Crippen molar-refractivity contribution >= 4 is 10.9 Å². The van der Waals surface area contributed by atoms with E-state index in [4.69, 9.17) is 0 Å². The average molecular weight is 266 g/mol. The van der Waals surface area contributed by atoms with Crippen LogP contribution in [0.25, 0.3) is 10.9 Å². The molecule has 1 aliphatic rings. The van der Waals surface area contributed by atoms with Gasteiger partial charge in [0.05, 0.1) is 0 Å². The lowest BCUT2D eigenvalue weighted by molar-refractivity contribution is 0.326. The van der Waals surface area contributed by atoms with Crippen molar-refractivity contribution in [1.82, 2.24) is 20.1 Å². The molecule has 0 radical (unpaired) electrons. The maximum atomic E-state index is 4.06. The van der Waals surface area contributed by atoms with Crippen molar-refractivity contribution in [3.05, 3.63) is 54.0 Å². The normalized spacial score (nSPS) is 19.9. The second-order valence-electron chi connectivity index (χ2n) is 5.63. The summed E-state index contributed by atoms with van der Waals surface area (Å²) in [5.74, 6) is 0.603. The van der Waals surface area contributed by atoms with Crippen molar-refractivity contribution < 1.29 is 0 Å². The standard InChI is InChI=1S/C16H18N4/c1-2-13-3-6-17-16(13)9-12(1)10-20-8-5-14(11-20)15-4-7-18-19-15/h1-4,6-7,9,14,17H,5,8,10-11H2,(H,18,19). The molecule has 2 aromatic heterocycles. The van der Waals surface area contributed by atoms with Gasteiger partial charge in [0.15, 0.2) is 0 Å².